The number of nitrogens with zero attached hydrogens (tertiary/aromatic N) is 7. The van der Waals surface area contributed by atoms with E-state index in [1.54, 1.807) is 11.8 Å². The molecule has 1 aliphatic heterocycles. The highest BCUT2D eigenvalue weighted by Gasteiger charge is 2.21. The zero-order chi connectivity index (χ0) is 21.3. The number of aryl methyl sites for hydroxylation is 1. The molecule has 0 N–H and O–H groups in total. The van der Waals surface area contributed by atoms with Gasteiger partial charge in [-0.25, -0.2) is 13.5 Å². The molecule has 9 nitrogen and oxygen atoms in total. The molecule has 1 aliphatic rings. The summed E-state index contributed by atoms with van der Waals surface area (Å²) in [6, 6.07) is 4.58. The lowest BCUT2D eigenvalue weighted by Crippen LogP contribution is -2.35. The minimum atomic E-state index is -2.63. The van der Waals surface area contributed by atoms with Crippen molar-refractivity contribution >= 4 is 5.91 Å². The van der Waals surface area contributed by atoms with Crippen LogP contribution in [0.15, 0.2) is 24.4 Å². The second kappa shape index (κ2) is 8.09. The maximum atomic E-state index is 12.7. The van der Waals surface area contributed by atoms with Gasteiger partial charge >= 0.3 is 0 Å². The lowest BCUT2D eigenvalue weighted by molar-refractivity contribution is -0.129. The van der Waals surface area contributed by atoms with Gasteiger partial charge in [0.1, 0.15) is 18.0 Å². The van der Waals surface area contributed by atoms with Crippen molar-refractivity contribution in [2.45, 2.75) is 39.8 Å². The van der Waals surface area contributed by atoms with Crippen LogP contribution in [0.2, 0.25) is 0 Å². The fraction of sp³-hybridized carbons (Fsp3) is 0.368. The molecular weight excluding hydrogens is 396 g/mol. The summed E-state index contributed by atoms with van der Waals surface area (Å²) >= 11 is 0. The molecule has 4 rings (SSSR count). The molecule has 0 aliphatic carbocycles. The number of alkyl halides is 2. The summed E-state index contributed by atoms with van der Waals surface area (Å²) in [7, 11) is 0. The molecule has 1 amide bonds. The van der Waals surface area contributed by atoms with Gasteiger partial charge in [0, 0.05) is 19.5 Å². The molecule has 4 heterocycles. The molecule has 0 fully saturated rings. The fourth-order valence-electron chi connectivity index (χ4n) is 3.18. The average Bonchev–Trinajstić information content (AvgIpc) is 3.12. The number of pyridine rings is 1. The Morgan fingerprint density at radius 2 is 2.10 bits per heavy atom. The molecule has 0 bridgehead atoms. The zero-order valence-corrected chi connectivity index (χ0v) is 16.4. The van der Waals surface area contributed by atoms with E-state index < -0.39 is 6.43 Å². The summed E-state index contributed by atoms with van der Waals surface area (Å²) in [5.41, 5.74) is 3.23. The molecule has 0 unspecified atom stereocenters. The molecule has 156 valence electrons. The van der Waals surface area contributed by atoms with Crippen molar-refractivity contribution in [3.05, 3.63) is 52.7 Å². The second-order valence-corrected chi connectivity index (χ2v) is 6.91. The number of amides is 1. The van der Waals surface area contributed by atoms with Gasteiger partial charge in [0.2, 0.25) is 11.8 Å². The van der Waals surface area contributed by atoms with E-state index in [1.165, 1.54) is 29.9 Å². The third-order valence-corrected chi connectivity index (χ3v) is 4.93. The molecule has 3 aromatic heterocycles. The van der Waals surface area contributed by atoms with Crippen molar-refractivity contribution < 1.29 is 18.3 Å². The van der Waals surface area contributed by atoms with Crippen LogP contribution >= 0.6 is 0 Å². The summed E-state index contributed by atoms with van der Waals surface area (Å²) < 4.78 is 32.7. The Morgan fingerprint density at radius 1 is 1.27 bits per heavy atom. The monoisotopic (exact) mass is 415 g/mol. The molecule has 0 atom stereocenters. The van der Waals surface area contributed by atoms with Gasteiger partial charge in [-0.05, 0) is 31.0 Å². The number of carbonyl (C=O) groups excluding carboxylic acids is 1. The molecule has 0 spiro atoms. The topological polar surface area (TPSA) is 98.9 Å². The third-order valence-electron chi connectivity index (χ3n) is 4.93. The number of ether oxygens (including phenoxy) is 1. The Balaban J connectivity index is 1.50. The van der Waals surface area contributed by atoms with Crippen molar-refractivity contribution in [2.75, 3.05) is 6.54 Å². The van der Waals surface area contributed by atoms with Crippen LogP contribution < -0.4 is 4.74 Å². The van der Waals surface area contributed by atoms with Crippen molar-refractivity contribution in [1.82, 2.24) is 35.1 Å². The SMILES string of the molecule is CC(=O)N1CCc2cc(OCc3c(C)nnn3-c3ccc(C(F)F)nc3)nnc2C1. The number of hydrogen-bond donors (Lipinski definition) is 0. The molecule has 3 aromatic rings. The summed E-state index contributed by atoms with van der Waals surface area (Å²) in [6.45, 7) is 4.49. The van der Waals surface area contributed by atoms with Crippen molar-refractivity contribution in [1.29, 1.82) is 0 Å². The Hall–Kier alpha value is -3.50. The van der Waals surface area contributed by atoms with Crippen LogP contribution in [-0.2, 0) is 24.4 Å². The van der Waals surface area contributed by atoms with Crippen molar-refractivity contribution in [3.63, 3.8) is 0 Å². The maximum absolute atomic E-state index is 12.7. The Morgan fingerprint density at radius 3 is 2.80 bits per heavy atom. The molecule has 11 heteroatoms. The lowest BCUT2D eigenvalue weighted by atomic mass is 10.1. The van der Waals surface area contributed by atoms with Gasteiger partial charge in [0.05, 0.1) is 29.8 Å². The van der Waals surface area contributed by atoms with Crippen LogP contribution in [0, 0.1) is 6.92 Å². The number of hydrogen-bond acceptors (Lipinski definition) is 7. The second-order valence-electron chi connectivity index (χ2n) is 6.91. The predicted octanol–water partition coefficient (Wildman–Crippen LogP) is 2.18. The first-order chi connectivity index (χ1) is 14.4. The molecule has 0 saturated carbocycles. The number of fused-ring (bicyclic) bond motifs is 1. The van der Waals surface area contributed by atoms with E-state index in [4.69, 9.17) is 4.74 Å². The first kappa shape index (κ1) is 19.8. The van der Waals surface area contributed by atoms with Gasteiger partial charge in [-0.3, -0.25) is 9.78 Å². The van der Waals surface area contributed by atoms with Crippen LogP contribution in [0.4, 0.5) is 8.78 Å². The zero-order valence-electron chi connectivity index (χ0n) is 16.4. The normalized spacial score (nSPS) is 13.4. The van der Waals surface area contributed by atoms with Gasteiger partial charge in [-0.15, -0.1) is 15.3 Å². The number of aromatic nitrogens is 6. The Kier molecular flexibility index (Phi) is 5.34. The largest absolute Gasteiger partial charge is 0.470 e. The average molecular weight is 415 g/mol. The summed E-state index contributed by atoms with van der Waals surface area (Å²) in [4.78, 5) is 17.0. The number of halogens is 2. The third kappa shape index (κ3) is 3.95. The summed E-state index contributed by atoms with van der Waals surface area (Å²) in [6.07, 6.45) is -0.635. The van der Waals surface area contributed by atoms with E-state index in [0.29, 0.717) is 42.5 Å². The van der Waals surface area contributed by atoms with E-state index in [-0.39, 0.29) is 18.2 Å². The van der Waals surface area contributed by atoms with Gasteiger partial charge in [-0.2, -0.15) is 0 Å². The van der Waals surface area contributed by atoms with E-state index in [0.717, 1.165) is 11.3 Å². The fourth-order valence-corrected chi connectivity index (χ4v) is 3.18. The Bertz CT molecular complexity index is 1070. The standard InChI is InChI=1S/C19H19F2N7O2/c1-11-17(28(26-23-11)14-3-4-15(19(20)21)22-8-14)10-30-18-7-13-5-6-27(12(2)29)9-16(13)24-25-18/h3-4,7-8,19H,5-6,9-10H2,1-2H3. The number of rotatable bonds is 5. The smallest absolute Gasteiger partial charge is 0.280 e. The molecule has 0 radical (unpaired) electrons. The highest BCUT2D eigenvalue weighted by Crippen LogP contribution is 2.22. The highest BCUT2D eigenvalue weighted by atomic mass is 19.3. The van der Waals surface area contributed by atoms with Gasteiger partial charge in [0.15, 0.2) is 0 Å². The van der Waals surface area contributed by atoms with Crippen LogP contribution in [-0.4, -0.2) is 47.5 Å². The van der Waals surface area contributed by atoms with Crippen LogP contribution in [0.3, 0.4) is 0 Å². The summed E-state index contributed by atoms with van der Waals surface area (Å²) in [5.74, 6) is 0.360. The van der Waals surface area contributed by atoms with Crippen LogP contribution in [0.1, 0.15) is 41.7 Å². The van der Waals surface area contributed by atoms with Crippen molar-refractivity contribution in [2.24, 2.45) is 0 Å². The summed E-state index contributed by atoms with van der Waals surface area (Å²) in [5, 5.41) is 16.4. The Labute approximate surface area is 170 Å². The van der Waals surface area contributed by atoms with Gasteiger partial charge < -0.3 is 9.64 Å². The minimum Gasteiger partial charge on any atom is -0.470 e. The van der Waals surface area contributed by atoms with E-state index in [9.17, 15) is 13.6 Å². The van der Waals surface area contributed by atoms with Crippen LogP contribution in [0.5, 0.6) is 5.88 Å². The molecular formula is C19H19F2N7O2. The van der Waals surface area contributed by atoms with E-state index >= 15 is 0 Å². The maximum Gasteiger partial charge on any atom is 0.280 e. The molecule has 0 aromatic carbocycles. The quantitative estimate of drug-likeness (QED) is 0.630. The van der Waals surface area contributed by atoms with E-state index in [1.807, 2.05) is 6.07 Å². The highest BCUT2D eigenvalue weighted by molar-refractivity contribution is 5.73. The van der Waals surface area contributed by atoms with Crippen molar-refractivity contribution in [3.8, 4) is 11.6 Å². The van der Waals surface area contributed by atoms with Gasteiger partial charge in [0.25, 0.3) is 6.43 Å². The van der Waals surface area contributed by atoms with Crippen LogP contribution in [0.25, 0.3) is 5.69 Å². The van der Waals surface area contributed by atoms with Gasteiger partial charge in [-0.1, -0.05) is 5.21 Å². The number of carbonyl (C=O) groups is 1. The lowest BCUT2D eigenvalue weighted by Gasteiger charge is -2.26. The minimum absolute atomic E-state index is 0.00934. The van der Waals surface area contributed by atoms with E-state index in [2.05, 4.69) is 25.5 Å². The molecule has 0 saturated heterocycles. The molecule has 30 heavy (non-hydrogen) atoms. The predicted molar refractivity (Wildman–Crippen MR) is 100 cm³/mol. The first-order valence-corrected chi connectivity index (χ1v) is 9.32. The first-order valence-electron chi connectivity index (χ1n) is 9.32.